The Morgan fingerprint density at radius 1 is 1.04 bits per heavy atom. The van der Waals surface area contributed by atoms with E-state index >= 15 is 0 Å². The molecule has 0 saturated carbocycles. The summed E-state index contributed by atoms with van der Waals surface area (Å²) >= 11 is 0. The van der Waals surface area contributed by atoms with Crippen molar-refractivity contribution in [3.05, 3.63) is 29.8 Å². The first-order chi connectivity index (χ1) is 13.3. The van der Waals surface area contributed by atoms with E-state index in [-0.39, 0.29) is 10.5 Å². The quantitative estimate of drug-likeness (QED) is 0.752. The molecule has 0 radical (unpaired) electrons. The first-order valence-corrected chi connectivity index (χ1v) is 11.2. The van der Waals surface area contributed by atoms with Crippen molar-refractivity contribution in [1.29, 1.82) is 0 Å². The van der Waals surface area contributed by atoms with Crippen LogP contribution in [-0.4, -0.2) is 75.3 Å². The molecule has 0 aliphatic carbocycles. The Morgan fingerprint density at radius 3 is 2.25 bits per heavy atom. The highest BCUT2D eigenvalue weighted by molar-refractivity contribution is 7.89. The third kappa shape index (κ3) is 3.08. The maximum absolute atomic E-state index is 13.5. The predicted molar refractivity (Wildman–Crippen MR) is 96.3 cm³/mol. The Morgan fingerprint density at radius 2 is 1.68 bits per heavy atom. The lowest BCUT2D eigenvalue weighted by Crippen LogP contribution is -2.68. The second-order valence-corrected chi connectivity index (χ2v) is 10.7. The minimum Gasteiger partial charge on any atom is -0.380 e. The maximum atomic E-state index is 13.5. The van der Waals surface area contributed by atoms with E-state index in [1.54, 1.807) is 0 Å². The molecule has 4 fully saturated rings. The Hall–Kier alpha value is -1.13. The standard InChI is InChI=1S/C19H24F2N2O4S/c20-14-5-15(21)7-17(6-14)28(24,25)23-3-1-19(2-4-23)8-16(9-27-19)22-10-18(11-22)12-26-13-18/h5-7,16H,1-4,8-13H2/t16-/m0/s1. The lowest BCUT2D eigenvalue weighted by molar-refractivity contribution is -0.197. The van der Waals surface area contributed by atoms with Crippen molar-refractivity contribution < 1.29 is 26.7 Å². The largest absolute Gasteiger partial charge is 0.380 e. The third-order valence-electron chi connectivity index (χ3n) is 6.71. The molecule has 0 N–H and O–H groups in total. The zero-order chi connectivity index (χ0) is 19.6. The molecule has 4 heterocycles. The highest BCUT2D eigenvalue weighted by atomic mass is 32.2. The number of hydrogen-bond acceptors (Lipinski definition) is 5. The van der Waals surface area contributed by atoms with Gasteiger partial charge in [0.15, 0.2) is 0 Å². The number of nitrogens with zero attached hydrogens (tertiary/aromatic N) is 2. The minimum absolute atomic E-state index is 0.289. The third-order valence-corrected chi connectivity index (χ3v) is 8.58. The first kappa shape index (κ1) is 18.9. The lowest BCUT2D eigenvalue weighted by atomic mass is 9.76. The van der Waals surface area contributed by atoms with Crippen molar-refractivity contribution in [2.24, 2.45) is 5.41 Å². The van der Waals surface area contributed by atoms with Gasteiger partial charge in [-0.25, -0.2) is 17.2 Å². The van der Waals surface area contributed by atoms with Crippen LogP contribution in [-0.2, 0) is 19.5 Å². The van der Waals surface area contributed by atoms with Crippen LogP contribution in [0.2, 0.25) is 0 Å². The van der Waals surface area contributed by atoms with E-state index in [0.717, 1.165) is 44.9 Å². The number of sulfonamides is 1. The molecule has 154 valence electrons. The van der Waals surface area contributed by atoms with Gasteiger partial charge in [-0.15, -0.1) is 0 Å². The molecule has 0 unspecified atom stereocenters. The summed E-state index contributed by atoms with van der Waals surface area (Å²) in [6.45, 7) is 5.10. The first-order valence-electron chi connectivity index (χ1n) is 9.71. The van der Waals surface area contributed by atoms with Gasteiger partial charge in [0, 0.05) is 43.7 Å². The average molecular weight is 414 g/mol. The van der Waals surface area contributed by atoms with Gasteiger partial charge in [-0.1, -0.05) is 0 Å². The van der Waals surface area contributed by atoms with Gasteiger partial charge in [0.1, 0.15) is 11.6 Å². The van der Waals surface area contributed by atoms with Crippen molar-refractivity contribution in [3.63, 3.8) is 0 Å². The second-order valence-electron chi connectivity index (χ2n) is 8.76. The summed E-state index contributed by atoms with van der Waals surface area (Å²) in [6, 6.07) is 2.79. The average Bonchev–Trinajstić information content (AvgIpc) is 2.95. The van der Waals surface area contributed by atoms with E-state index in [1.807, 2.05) is 0 Å². The molecule has 0 amide bonds. The number of hydrogen-bond donors (Lipinski definition) is 0. The van der Waals surface area contributed by atoms with Crippen molar-refractivity contribution in [1.82, 2.24) is 9.21 Å². The fraction of sp³-hybridized carbons (Fsp3) is 0.684. The zero-order valence-electron chi connectivity index (χ0n) is 15.6. The van der Waals surface area contributed by atoms with Crippen molar-refractivity contribution >= 4 is 10.0 Å². The second kappa shape index (κ2) is 6.43. The van der Waals surface area contributed by atoms with Crippen molar-refractivity contribution in [2.75, 3.05) is 46.0 Å². The number of rotatable bonds is 3. The zero-order valence-corrected chi connectivity index (χ0v) is 16.4. The lowest BCUT2D eigenvalue weighted by Gasteiger charge is -2.57. The van der Waals surface area contributed by atoms with Gasteiger partial charge in [0.25, 0.3) is 0 Å². The monoisotopic (exact) mass is 414 g/mol. The van der Waals surface area contributed by atoms with E-state index in [2.05, 4.69) is 4.90 Å². The van der Waals surface area contributed by atoms with Gasteiger partial charge in [-0.3, -0.25) is 4.90 Å². The van der Waals surface area contributed by atoms with Gasteiger partial charge >= 0.3 is 0 Å². The molecule has 28 heavy (non-hydrogen) atoms. The fourth-order valence-corrected chi connectivity index (χ4v) is 6.50. The summed E-state index contributed by atoms with van der Waals surface area (Å²) in [5, 5.41) is 0. The summed E-state index contributed by atoms with van der Waals surface area (Å²) in [5.74, 6) is -1.78. The molecule has 1 aromatic rings. The van der Waals surface area contributed by atoms with Crippen LogP contribution in [0.25, 0.3) is 0 Å². The van der Waals surface area contributed by atoms with E-state index in [1.165, 1.54) is 4.31 Å². The Labute approximate surface area is 163 Å². The topological polar surface area (TPSA) is 59.1 Å². The van der Waals surface area contributed by atoms with E-state index in [9.17, 15) is 17.2 Å². The van der Waals surface area contributed by atoms with Crippen molar-refractivity contribution in [3.8, 4) is 0 Å². The van der Waals surface area contributed by atoms with Gasteiger partial charge in [0.05, 0.1) is 30.3 Å². The highest BCUT2D eigenvalue weighted by Gasteiger charge is 2.54. The summed E-state index contributed by atoms with van der Waals surface area (Å²) < 4.78 is 65.2. The van der Waals surface area contributed by atoms with Crippen LogP contribution in [0.15, 0.2) is 23.1 Å². The molecule has 4 aliphatic rings. The molecule has 4 saturated heterocycles. The number of ether oxygens (including phenoxy) is 2. The molecule has 2 spiro atoms. The molecule has 5 rings (SSSR count). The van der Waals surface area contributed by atoms with Crippen LogP contribution in [0.3, 0.4) is 0 Å². The van der Waals surface area contributed by atoms with Crippen LogP contribution in [0, 0.1) is 17.0 Å². The molecular formula is C19H24F2N2O4S. The van der Waals surface area contributed by atoms with Crippen LogP contribution in [0.1, 0.15) is 19.3 Å². The molecule has 1 atom stereocenters. The van der Waals surface area contributed by atoms with Crippen LogP contribution in [0.4, 0.5) is 8.78 Å². The Kier molecular flexibility index (Phi) is 4.34. The number of likely N-dealkylation sites (tertiary alicyclic amines) is 1. The van der Waals surface area contributed by atoms with Gasteiger partial charge < -0.3 is 9.47 Å². The predicted octanol–water partition coefficient (Wildman–Crippen LogP) is 1.61. The molecule has 1 aromatic carbocycles. The molecular weight excluding hydrogens is 390 g/mol. The Bertz CT molecular complexity index is 854. The highest BCUT2D eigenvalue weighted by Crippen LogP contribution is 2.44. The van der Waals surface area contributed by atoms with E-state index < -0.39 is 21.7 Å². The van der Waals surface area contributed by atoms with Gasteiger partial charge in [0.2, 0.25) is 10.0 Å². The molecule has 9 heteroatoms. The minimum atomic E-state index is -3.91. The normalized spacial score (nSPS) is 29.7. The van der Waals surface area contributed by atoms with Crippen molar-refractivity contribution in [2.45, 2.75) is 35.8 Å². The summed E-state index contributed by atoms with van der Waals surface area (Å²) in [5.41, 5.74) is 0.0795. The van der Waals surface area contributed by atoms with Gasteiger partial charge in [-0.2, -0.15) is 4.31 Å². The van der Waals surface area contributed by atoms with Crippen LogP contribution in [0.5, 0.6) is 0 Å². The Balaban J connectivity index is 1.21. The molecule has 0 aromatic heterocycles. The van der Waals surface area contributed by atoms with E-state index in [4.69, 9.17) is 9.47 Å². The number of halogens is 2. The number of benzene rings is 1. The SMILES string of the molecule is O=S(=O)(c1cc(F)cc(F)c1)N1CCC2(CC1)C[C@H](N1CC3(COC3)C1)CO2. The summed E-state index contributed by atoms with van der Waals surface area (Å²) in [6.07, 6.45) is 2.11. The summed E-state index contributed by atoms with van der Waals surface area (Å²) in [7, 11) is -3.91. The van der Waals surface area contributed by atoms with Gasteiger partial charge in [-0.05, 0) is 31.4 Å². The molecule has 6 nitrogen and oxygen atoms in total. The number of piperidine rings is 1. The molecule has 4 aliphatic heterocycles. The van der Waals surface area contributed by atoms with Crippen LogP contribution < -0.4 is 0 Å². The molecule has 0 bridgehead atoms. The maximum Gasteiger partial charge on any atom is 0.243 e. The van der Waals surface area contributed by atoms with E-state index in [0.29, 0.717) is 50.1 Å². The fourth-order valence-electron chi connectivity index (χ4n) is 5.01. The smallest absolute Gasteiger partial charge is 0.243 e. The summed E-state index contributed by atoms with van der Waals surface area (Å²) in [4.78, 5) is 2.12. The van der Waals surface area contributed by atoms with Crippen LogP contribution >= 0.6 is 0 Å².